The number of benzene rings is 1. The Bertz CT molecular complexity index is 931. The van der Waals surface area contributed by atoms with E-state index in [1.807, 2.05) is 50.4 Å². The Kier molecular flexibility index (Phi) is 6.26. The maximum Gasteiger partial charge on any atom is 0.290 e. The minimum absolute atomic E-state index is 0.0316. The fourth-order valence-corrected chi connectivity index (χ4v) is 2.89. The van der Waals surface area contributed by atoms with Crippen LogP contribution >= 0.6 is 0 Å². The number of hydrogen-bond donors (Lipinski definition) is 1. The van der Waals surface area contributed by atoms with E-state index in [1.54, 1.807) is 23.0 Å². The fraction of sp³-hybridized carbons (Fsp3) is 0.286. The second-order valence-corrected chi connectivity index (χ2v) is 6.56. The molecule has 2 amide bonds. The summed E-state index contributed by atoms with van der Waals surface area (Å²) in [7, 11) is 0. The minimum Gasteiger partial charge on any atom is -0.454 e. The molecule has 0 saturated carbocycles. The maximum absolute atomic E-state index is 12.8. The zero-order valence-electron chi connectivity index (χ0n) is 16.1. The molecular formula is C21H24N4O3. The first-order valence-corrected chi connectivity index (χ1v) is 9.27. The van der Waals surface area contributed by atoms with Crippen molar-refractivity contribution >= 4 is 17.5 Å². The summed E-state index contributed by atoms with van der Waals surface area (Å²) in [5, 5.41) is 6.99. The number of carbonyl (C=O) groups excluding carboxylic acids is 2. The van der Waals surface area contributed by atoms with Crippen LogP contribution in [-0.4, -0.2) is 39.6 Å². The van der Waals surface area contributed by atoms with E-state index in [9.17, 15) is 9.59 Å². The molecule has 0 unspecified atom stereocenters. The van der Waals surface area contributed by atoms with Gasteiger partial charge in [-0.25, -0.2) is 0 Å². The van der Waals surface area contributed by atoms with Crippen LogP contribution in [0.25, 0.3) is 0 Å². The second kappa shape index (κ2) is 9.03. The molecule has 0 radical (unpaired) electrons. The zero-order chi connectivity index (χ0) is 19.9. The Balaban J connectivity index is 1.65. The topological polar surface area (TPSA) is 80.4 Å². The van der Waals surface area contributed by atoms with Crippen molar-refractivity contribution in [3.05, 3.63) is 71.9 Å². The smallest absolute Gasteiger partial charge is 0.290 e. The largest absolute Gasteiger partial charge is 0.454 e. The third kappa shape index (κ3) is 4.88. The number of carbonyl (C=O) groups is 2. The molecule has 3 rings (SSSR count). The Labute approximate surface area is 163 Å². The summed E-state index contributed by atoms with van der Waals surface area (Å²) in [4.78, 5) is 26.8. The van der Waals surface area contributed by atoms with Crippen molar-refractivity contribution in [1.82, 2.24) is 14.7 Å². The van der Waals surface area contributed by atoms with Crippen molar-refractivity contribution in [2.75, 3.05) is 18.4 Å². The van der Waals surface area contributed by atoms with E-state index in [0.29, 0.717) is 18.8 Å². The van der Waals surface area contributed by atoms with Crippen LogP contribution in [0.3, 0.4) is 0 Å². The number of rotatable bonds is 8. The highest BCUT2D eigenvalue weighted by atomic mass is 16.4. The van der Waals surface area contributed by atoms with Gasteiger partial charge in [0.05, 0.1) is 6.54 Å². The highest BCUT2D eigenvalue weighted by Crippen LogP contribution is 2.15. The number of furan rings is 1. The first-order valence-electron chi connectivity index (χ1n) is 9.27. The van der Waals surface area contributed by atoms with E-state index in [4.69, 9.17) is 4.42 Å². The van der Waals surface area contributed by atoms with Crippen LogP contribution in [-0.2, 0) is 11.3 Å². The molecule has 0 fully saturated rings. The van der Waals surface area contributed by atoms with Gasteiger partial charge in [0, 0.05) is 24.6 Å². The Morgan fingerprint density at radius 1 is 1.18 bits per heavy atom. The molecule has 0 aliphatic heterocycles. The summed E-state index contributed by atoms with van der Waals surface area (Å²) in [5.41, 5.74) is 1.72. The zero-order valence-corrected chi connectivity index (χ0v) is 16.1. The molecule has 7 heteroatoms. The van der Waals surface area contributed by atoms with Crippen molar-refractivity contribution in [2.45, 2.75) is 26.8 Å². The van der Waals surface area contributed by atoms with Crippen molar-refractivity contribution in [2.24, 2.45) is 0 Å². The summed E-state index contributed by atoms with van der Waals surface area (Å²) in [6.45, 7) is 4.77. The third-order valence-electron chi connectivity index (χ3n) is 4.28. The summed E-state index contributed by atoms with van der Waals surface area (Å²) in [5.74, 6) is 0.320. The van der Waals surface area contributed by atoms with Gasteiger partial charge in [0.15, 0.2) is 5.76 Å². The molecule has 0 atom stereocenters. The second-order valence-electron chi connectivity index (χ2n) is 6.56. The third-order valence-corrected chi connectivity index (χ3v) is 4.28. The number of anilines is 1. The summed E-state index contributed by atoms with van der Waals surface area (Å²) >= 11 is 0. The molecule has 146 valence electrons. The van der Waals surface area contributed by atoms with Crippen molar-refractivity contribution in [3.63, 3.8) is 0 Å². The number of para-hydroxylation sites is 1. The van der Waals surface area contributed by atoms with E-state index in [2.05, 4.69) is 10.4 Å². The van der Waals surface area contributed by atoms with E-state index < -0.39 is 0 Å². The van der Waals surface area contributed by atoms with E-state index in [0.717, 1.165) is 17.7 Å². The summed E-state index contributed by atoms with van der Waals surface area (Å²) in [6, 6.07) is 12.8. The molecule has 1 aromatic carbocycles. The molecule has 7 nitrogen and oxygen atoms in total. The number of nitrogens with one attached hydrogen (secondary N) is 1. The summed E-state index contributed by atoms with van der Waals surface area (Å²) < 4.78 is 7.40. The van der Waals surface area contributed by atoms with Crippen LogP contribution in [0.2, 0.25) is 0 Å². The van der Waals surface area contributed by atoms with Gasteiger partial charge in [0.1, 0.15) is 12.3 Å². The average Bonchev–Trinajstić information content (AvgIpc) is 3.35. The predicted molar refractivity (Wildman–Crippen MR) is 106 cm³/mol. The number of aromatic nitrogens is 2. The van der Waals surface area contributed by atoms with E-state index in [1.165, 1.54) is 4.90 Å². The molecule has 0 spiro atoms. The van der Waals surface area contributed by atoms with Crippen LogP contribution in [0.5, 0.6) is 0 Å². The van der Waals surface area contributed by atoms with Gasteiger partial charge in [-0.3, -0.25) is 14.3 Å². The lowest BCUT2D eigenvalue weighted by Gasteiger charge is -2.20. The van der Waals surface area contributed by atoms with Crippen LogP contribution in [0, 0.1) is 6.92 Å². The van der Waals surface area contributed by atoms with Crippen LogP contribution < -0.4 is 5.32 Å². The average molecular weight is 380 g/mol. The first kappa shape index (κ1) is 19.4. The molecule has 2 aromatic heterocycles. The fourth-order valence-electron chi connectivity index (χ4n) is 2.89. The molecular weight excluding hydrogens is 356 g/mol. The maximum atomic E-state index is 12.8. The van der Waals surface area contributed by atoms with Crippen LogP contribution in [0.15, 0.2) is 59.3 Å². The quantitative estimate of drug-likeness (QED) is 0.650. The van der Waals surface area contributed by atoms with E-state index in [-0.39, 0.29) is 24.1 Å². The van der Waals surface area contributed by atoms with Gasteiger partial charge in [0.25, 0.3) is 5.91 Å². The normalized spacial score (nSPS) is 10.6. The molecule has 3 aromatic rings. The van der Waals surface area contributed by atoms with Gasteiger partial charge in [-0.1, -0.05) is 25.1 Å². The Morgan fingerprint density at radius 2 is 2.00 bits per heavy atom. The molecule has 2 heterocycles. The highest BCUT2D eigenvalue weighted by molar-refractivity contribution is 5.98. The Morgan fingerprint density at radius 3 is 2.71 bits per heavy atom. The number of aryl methyl sites for hydroxylation is 1. The number of hydrogen-bond acceptors (Lipinski definition) is 4. The molecule has 28 heavy (non-hydrogen) atoms. The van der Waals surface area contributed by atoms with Gasteiger partial charge >= 0.3 is 0 Å². The van der Waals surface area contributed by atoms with Gasteiger partial charge in [-0.2, -0.15) is 5.10 Å². The van der Waals surface area contributed by atoms with Gasteiger partial charge in [0.2, 0.25) is 5.91 Å². The molecule has 0 saturated heterocycles. The minimum atomic E-state index is -0.298. The van der Waals surface area contributed by atoms with Gasteiger partial charge in [-0.05, 0) is 43.2 Å². The van der Waals surface area contributed by atoms with Gasteiger partial charge in [-0.15, -0.1) is 0 Å². The monoisotopic (exact) mass is 380 g/mol. The number of nitrogens with zero attached hydrogens (tertiary/aromatic N) is 3. The van der Waals surface area contributed by atoms with Crippen molar-refractivity contribution in [1.29, 1.82) is 0 Å². The highest BCUT2D eigenvalue weighted by Gasteiger charge is 2.21. The molecule has 0 aliphatic rings. The number of amides is 2. The molecule has 0 bridgehead atoms. The lowest BCUT2D eigenvalue weighted by Crippen LogP contribution is -2.38. The molecule has 1 N–H and O–H groups in total. The summed E-state index contributed by atoms with van der Waals surface area (Å²) in [6.07, 6.45) is 4.25. The predicted octanol–water partition coefficient (Wildman–Crippen LogP) is 3.32. The SMILES string of the molecule is CCCN(CC(=O)Nc1ccccc1C)C(=O)c1ccc(Cn2cccn2)o1. The van der Waals surface area contributed by atoms with Crippen molar-refractivity contribution < 1.29 is 14.0 Å². The van der Waals surface area contributed by atoms with E-state index >= 15 is 0 Å². The molecule has 0 aliphatic carbocycles. The lowest BCUT2D eigenvalue weighted by molar-refractivity contribution is -0.116. The lowest BCUT2D eigenvalue weighted by atomic mass is 10.2. The standard InChI is InChI=1S/C21H24N4O3/c1-3-12-24(15-20(26)23-18-8-5-4-7-16(18)2)21(27)19-10-9-17(28-19)14-25-13-6-11-22-25/h4-11,13H,3,12,14-15H2,1-2H3,(H,23,26). The van der Waals surface area contributed by atoms with Crippen LogP contribution in [0.4, 0.5) is 5.69 Å². The van der Waals surface area contributed by atoms with Crippen molar-refractivity contribution in [3.8, 4) is 0 Å². The van der Waals surface area contributed by atoms with Gasteiger partial charge < -0.3 is 14.6 Å². The Hall–Kier alpha value is -3.35. The first-order chi connectivity index (χ1) is 13.6. The van der Waals surface area contributed by atoms with Crippen LogP contribution in [0.1, 0.15) is 35.2 Å².